The summed E-state index contributed by atoms with van der Waals surface area (Å²) < 4.78 is 28.7. The molecule has 0 saturated carbocycles. The normalized spacial score (nSPS) is 11.8. The van der Waals surface area contributed by atoms with E-state index in [1.54, 1.807) is 12.1 Å². The maximum absolute atomic E-state index is 12.0. The number of aryl methyl sites for hydroxylation is 1. The molecule has 0 bridgehead atoms. The number of hydrogen-bond donors (Lipinski definition) is 2. The molecule has 0 amide bonds. The Bertz CT molecular complexity index is 1060. The highest BCUT2D eigenvalue weighted by Crippen LogP contribution is 2.37. The molecule has 0 aliphatic heterocycles. The van der Waals surface area contributed by atoms with Crippen LogP contribution in [0.2, 0.25) is 5.02 Å². The highest BCUT2D eigenvalue weighted by Gasteiger charge is 2.16. The molecule has 5 nitrogen and oxygen atoms in total. The number of rotatable bonds is 7. The van der Waals surface area contributed by atoms with Crippen molar-refractivity contribution < 1.29 is 8.42 Å². The van der Waals surface area contributed by atoms with Crippen molar-refractivity contribution in [1.82, 2.24) is 4.57 Å². The minimum atomic E-state index is -3.40. The van der Waals surface area contributed by atoms with Crippen LogP contribution in [0.1, 0.15) is 13.3 Å². The average Bonchev–Trinajstić information content (AvgIpc) is 2.92. The summed E-state index contributed by atoms with van der Waals surface area (Å²) in [5, 5.41) is 1.54. The first-order chi connectivity index (χ1) is 12.9. The van der Waals surface area contributed by atoms with Crippen LogP contribution in [0.25, 0.3) is 22.2 Å². The molecule has 144 valence electrons. The predicted octanol–water partition coefficient (Wildman–Crippen LogP) is 4.93. The molecule has 0 saturated heterocycles. The molecule has 0 radical (unpaired) electrons. The number of nitrogens with two attached hydrogens (primary N) is 1. The molecule has 1 heterocycles. The molecule has 0 spiro atoms. The Kier molecular flexibility index (Phi) is 5.89. The quantitative estimate of drug-likeness (QED) is 0.526. The predicted molar refractivity (Wildman–Crippen MR) is 115 cm³/mol. The third kappa shape index (κ3) is 4.18. The van der Waals surface area contributed by atoms with Gasteiger partial charge in [0.2, 0.25) is 10.0 Å². The highest BCUT2D eigenvalue weighted by molar-refractivity contribution is 7.92. The number of hydrogen-bond acceptors (Lipinski definition) is 3. The van der Waals surface area contributed by atoms with Crippen molar-refractivity contribution in [1.29, 1.82) is 0 Å². The van der Waals surface area contributed by atoms with Gasteiger partial charge in [-0.05, 0) is 43.7 Å². The van der Waals surface area contributed by atoms with E-state index in [2.05, 4.69) is 16.2 Å². The van der Waals surface area contributed by atoms with Crippen molar-refractivity contribution in [2.75, 3.05) is 22.1 Å². The van der Waals surface area contributed by atoms with Crippen LogP contribution in [0.15, 0.2) is 42.5 Å². The van der Waals surface area contributed by atoms with Crippen molar-refractivity contribution in [2.45, 2.75) is 19.9 Å². The maximum atomic E-state index is 12.0. The van der Waals surface area contributed by atoms with E-state index in [0.29, 0.717) is 28.7 Å². The van der Waals surface area contributed by atoms with Crippen LogP contribution in [-0.4, -0.2) is 24.6 Å². The average molecular weight is 426 g/mol. The lowest BCUT2D eigenvalue weighted by Crippen LogP contribution is -2.16. The molecule has 0 fully saturated rings. The SMILES string of the molecule is CCn1c(-c2ccc(NS(=O)(=O)CCCCl)cc2)c(N)c2cc(Cl)ccc21. The van der Waals surface area contributed by atoms with E-state index < -0.39 is 10.0 Å². The number of sulfonamides is 1. The lowest BCUT2D eigenvalue weighted by Gasteiger charge is -2.11. The van der Waals surface area contributed by atoms with Crippen molar-refractivity contribution in [3.8, 4) is 11.3 Å². The van der Waals surface area contributed by atoms with E-state index in [9.17, 15) is 8.42 Å². The Labute approximate surface area is 169 Å². The molecule has 8 heteroatoms. The highest BCUT2D eigenvalue weighted by atomic mass is 35.5. The Morgan fingerprint density at radius 1 is 1.15 bits per heavy atom. The summed E-state index contributed by atoms with van der Waals surface area (Å²) in [4.78, 5) is 0. The number of halogens is 2. The van der Waals surface area contributed by atoms with Gasteiger partial charge in [-0.15, -0.1) is 11.6 Å². The minimum absolute atomic E-state index is 0.00393. The van der Waals surface area contributed by atoms with Crippen LogP contribution in [0.3, 0.4) is 0 Å². The van der Waals surface area contributed by atoms with Gasteiger partial charge < -0.3 is 10.3 Å². The number of aromatic nitrogens is 1. The number of benzene rings is 2. The summed E-state index contributed by atoms with van der Waals surface area (Å²) in [7, 11) is -3.40. The summed E-state index contributed by atoms with van der Waals surface area (Å²) in [6.07, 6.45) is 0.407. The van der Waals surface area contributed by atoms with Crippen LogP contribution in [0, 0.1) is 0 Å². The van der Waals surface area contributed by atoms with E-state index in [0.717, 1.165) is 28.7 Å². The second kappa shape index (κ2) is 8.00. The molecule has 1 aromatic heterocycles. The van der Waals surface area contributed by atoms with Crippen LogP contribution < -0.4 is 10.5 Å². The van der Waals surface area contributed by atoms with Gasteiger partial charge in [-0.2, -0.15) is 0 Å². The fraction of sp³-hybridized carbons (Fsp3) is 0.263. The maximum Gasteiger partial charge on any atom is 0.232 e. The lowest BCUT2D eigenvalue weighted by atomic mass is 10.1. The first kappa shape index (κ1) is 19.9. The number of nitrogens with one attached hydrogen (secondary N) is 1. The summed E-state index contributed by atoms with van der Waals surface area (Å²) in [6, 6.07) is 12.9. The van der Waals surface area contributed by atoms with Gasteiger partial charge in [0.1, 0.15) is 0 Å². The number of anilines is 2. The zero-order valence-corrected chi connectivity index (χ0v) is 17.2. The molecule has 0 aliphatic rings. The zero-order chi connectivity index (χ0) is 19.6. The third-order valence-electron chi connectivity index (χ3n) is 4.36. The zero-order valence-electron chi connectivity index (χ0n) is 14.9. The standard InChI is InChI=1S/C19H21Cl2N3O2S/c1-2-24-17-9-6-14(21)12-16(17)18(22)19(24)13-4-7-15(8-5-13)23-27(25,26)11-3-10-20/h4-9,12,23H,2-3,10-11,22H2,1H3. The second-order valence-corrected chi connectivity index (χ2v) is 8.87. The molecular weight excluding hydrogens is 405 g/mol. The van der Waals surface area contributed by atoms with Crippen LogP contribution in [0.5, 0.6) is 0 Å². The number of alkyl halides is 1. The van der Waals surface area contributed by atoms with E-state index >= 15 is 0 Å². The number of nitrogens with zero attached hydrogens (tertiary/aromatic N) is 1. The van der Waals surface area contributed by atoms with Crippen LogP contribution in [-0.2, 0) is 16.6 Å². The summed E-state index contributed by atoms with van der Waals surface area (Å²) >= 11 is 11.7. The monoisotopic (exact) mass is 425 g/mol. The van der Waals surface area contributed by atoms with E-state index in [-0.39, 0.29) is 5.75 Å². The Morgan fingerprint density at radius 3 is 2.48 bits per heavy atom. The first-order valence-corrected chi connectivity index (χ1v) is 11.2. The third-order valence-corrected chi connectivity index (χ3v) is 6.23. The Morgan fingerprint density at radius 2 is 1.85 bits per heavy atom. The van der Waals surface area contributed by atoms with Crippen molar-refractivity contribution >= 4 is 55.5 Å². The molecular formula is C19H21Cl2N3O2S. The molecule has 0 unspecified atom stereocenters. The van der Waals surface area contributed by atoms with Gasteiger partial charge in [-0.1, -0.05) is 23.7 Å². The van der Waals surface area contributed by atoms with Crippen LogP contribution in [0.4, 0.5) is 11.4 Å². The summed E-state index contributed by atoms with van der Waals surface area (Å²) in [5.41, 5.74) is 10.4. The first-order valence-electron chi connectivity index (χ1n) is 8.60. The van der Waals surface area contributed by atoms with Crippen molar-refractivity contribution in [3.05, 3.63) is 47.5 Å². The topological polar surface area (TPSA) is 77.1 Å². The minimum Gasteiger partial charge on any atom is -0.396 e. The van der Waals surface area contributed by atoms with E-state index in [1.165, 1.54) is 0 Å². The fourth-order valence-electron chi connectivity index (χ4n) is 3.16. The summed E-state index contributed by atoms with van der Waals surface area (Å²) in [5.74, 6) is 0.306. The smallest absolute Gasteiger partial charge is 0.232 e. The van der Waals surface area contributed by atoms with E-state index in [1.807, 2.05) is 30.3 Å². The molecule has 2 aromatic carbocycles. The molecule has 3 rings (SSSR count). The number of fused-ring (bicyclic) bond motifs is 1. The van der Waals surface area contributed by atoms with Gasteiger partial charge >= 0.3 is 0 Å². The second-order valence-electron chi connectivity index (χ2n) is 6.21. The lowest BCUT2D eigenvalue weighted by molar-refractivity contribution is 0.600. The summed E-state index contributed by atoms with van der Waals surface area (Å²) in [6.45, 7) is 2.80. The van der Waals surface area contributed by atoms with Crippen LogP contribution >= 0.6 is 23.2 Å². The Hall–Kier alpha value is -1.89. The largest absolute Gasteiger partial charge is 0.396 e. The van der Waals surface area contributed by atoms with Gasteiger partial charge in [-0.25, -0.2) is 8.42 Å². The van der Waals surface area contributed by atoms with E-state index in [4.69, 9.17) is 28.9 Å². The molecule has 0 atom stereocenters. The molecule has 3 N–H and O–H groups in total. The van der Waals surface area contributed by atoms with Gasteiger partial charge in [0.15, 0.2) is 0 Å². The van der Waals surface area contributed by atoms with Gasteiger partial charge in [0.05, 0.1) is 22.7 Å². The van der Waals surface area contributed by atoms with Gasteiger partial charge in [-0.3, -0.25) is 4.72 Å². The molecule has 3 aromatic rings. The molecule has 0 aliphatic carbocycles. The van der Waals surface area contributed by atoms with Crippen molar-refractivity contribution in [2.24, 2.45) is 0 Å². The number of nitrogen functional groups attached to an aromatic ring is 1. The Balaban J connectivity index is 1.97. The fourth-order valence-corrected chi connectivity index (χ4v) is 4.75. The molecule has 27 heavy (non-hydrogen) atoms. The van der Waals surface area contributed by atoms with Gasteiger partial charge in [0.25, 0.3) is 0 Å². The van der Waals surface area contributed by atoms with Crippen molar-refractivity contribution in [3.63, 3.8) is 0 Å². The van der Waals surface area contributed by atoms with Gasteiger partial charge in [0, 0.05) is 34.1 Å².